The lowest BCUT2D eigenvalue weighted by Gasteiger charge is -2.05. The van der Waals surface area contributed by atoms with Crippen LogP contribution in [-0.4, -0.2) is 26.6 Å². The van der Waals surface area contributed by atoms with Crippen molar-refractivity contribution in [3.05, 3.63) is 41.7 Å². The van der Waals surface area contributed by atoms with Gasteiger partial charge in [-0.15, -0.1) is 0 Å². The maximum absolute atomic E-state index is 11.0. The maximum Gasteiger partial charge on any atom is 0.353 e. The largest absolute Gasteiger partial charge is 0.478 e. The summed E-state index contributed by atoms with van der Waals surface area (Å²) in [7, 11) is 0. The number of carboxylic acids is 2. The summed E-state index contributed by atoms with van der Waals surface area (Å²) >= 11 is 0. The summed E-state index contributed by atoms with van der Waals surface area (Å²) in [5, 5.41) is 17.8. The highest BCUT2D eigenvalue weighted by Gasteiger charge is 2.18. The van der Waals surface area contributed by atoms with Crippen LogP contribution in [0.2, 0.25) is 0 Å². The lowest BCUT2D eigenvalue weighted by Crippen LogP contribution is -2.12. The molecule has 2 aromatic rings. The minimum Gasteiger partial charge on any atom is -0.478 e. The van der Waals surface area contributed by atoms with Crippen LogP contribution in [0, 0.1) is 0 Å². The summed E-state index contributed by atoms with van der Waals surface area (Å²) in [4.78, 5) is 21.8. The highest BCUT2D eigenvalue weighted by molar-refractivity contribution is 6.01. The van der Waals surface area contributed by atoms with Crippen LogP contribution in [0.5, 0.6) is 0 Å². The molecule has 0 radical (unpaired) electrons. The van der Waals surface area contributed by atoms with E-state index in [4.69, 9.17) is 10.2 Å². The highest BCUT2D eigenvalue weighted by atomic mass is 16.4. The van der Waals surface area contributed by atoms with Crippen molar-refractivity contribution in [2.75, 3.05) is 0 Å². The molecular formula is C10H7NO4. The van der Waals surface area contributed by atoms with E-state index in [0.29, 0.717) is 5.52 Å². The van der Waals surface area contributed by atoms with E-state index in [1.807, 2.05) is 0 Å². The van der Waals surface area contributed by atoms with Crippen LogP contribution in [0.15, 0.2) is 30.5 Å². The second-order valence-electron chi connectivity index (χ2n) is 3.01. The number of pyridine rings is 1. The van der Waals surface area contributed by atoms with E-state index in [2.05, 4.69) is 0 Å². The van der Waals surface area contributed by atoms with Gasteiger partial charge in [-0.25, -0.2) is 9.59 Å². The zero-order valence-electron chi connectivity index (χ0n) is 7.54. The van der Waals surface area contributed by atoms with Gasteiger partial charge in [0, 0.05) is 11.7 Å². The molecule has 5 heteroatoms. The smallest absolute Gasteiger partial charge is 0.353 e. The van der Waals surface area contributed by atoms with Gasteiger partial charge in [0.2, 0.25) is 0 Å². The van der Waals surface area contributed by atoms with Crippen LogP contribution in [0.25, 0.3) is 5.52 Å². The number of nitrogens with zero attached hydrogens (tertiary/aromatic N) is 1. The van der Waals surface area contributed by atoms with Crippen molar-refractivity contribution < 1.29 is 19.8 Å². The third kappa shape index (κ3) is 1.34. The Bertz CT molecular complexity index is 556. The molecule has 0 spiro atoms. The Morgan fingerprint density at radius 3 is 2.40 bits per heavy atom. The Morgan fingerprint density at radius 2 is 1.80 bits per heavy atom. The predicted octanol–water partition coefficient (Wildman–Crippen LogP) is 1.34. The molecule has 0 aliphatic heterocycles. The fraction of sp³-hybridized carbons (Fsp3) is 0. The second kappa shape index (κ2) is 3.13. The van der Waals surface area contributed by atoms with Crippen LogP contribution < -0.4 is 0 Å². The number of hydrogen-bond acceptors (Lipinski definition) is 2. The first-order valence-corrected chi connectivity index (χ1v) is 4.18. The third-order valence-corrected chi connectivity index (χ3v) is 2.13. The minimum absolute atomic E-state index is 0.216. The van der Waals surface area contributed by atoms with E-state index in [1.165, 1.54) is 16.7 Å². The van der Waals surface area contributed by atoms with Gasteiger partial charge in [-0.05, 0) is 24.3 Å². The van der Waals surface area contributed by atoms with Gasteiger partial charge in [0.15, 0.2) is 0 Å². The molecule has 0 aliphatic carbocycles. The Balaban J connectivity index is 2.87. The predicted molar refractivity (Wildman–Crippen MR) is 51.3 cm³/mol. The van der Waals surface area contributed by atoms with Gasteiger partial charge in [-0.1, -0.05) is 0 Å². The second-order valence-corrected chi connectivity index (χ2v) is 3.01. The van der Waals surface area contributed by atoms with Crippen LogP contribution in [0.1, 0.15) is 20.8 Å². The normalized spacial score (nSPS) is 10.4. The van der Waals surface area contributed by atoms with Gasteiger partial charge in [0.25, 0.3) is 0 Å². The Hall–Kier alpha value is -2.30. The molecule has 5 nitrogen and oxygen atoms in total. The van der Waals surface area contributed by atoms with E-state index in [-0.39, 0.29) is 11.3 Å². The SMILES string of the molecule is O=C(O)c1ccc2cccn2c1C(=O)O. The van der Waals surface area contributed by atoms with Gasteiger partial charge in [-0.2, -0.15) is 0 Å². The van der Waals surface area contributed by atoms with Crippen molar-refractivity contribution in [3.8, 4) is 0 Å². The molecule has 2 heterocycles. The van der Waals surface area contributed by atoms with E-state index in [0.717, 1.165) is 0 Å². The standard InChI is InChI=1S/C10H7NO4/c12-9(13)7-4-3-6-2-1-5-11(6)8(7)10(14)15/h1-5H,(H,12,13)(H,14,15). The number of carboxylic acid groups (broad SMARTS) is 2. The van der Waals surface area contributed by atoms with Crippen LogP contribution in [0.3, 0.4) is 0 Å². The van der Waals surface area contributed by atoms with Gasteiger partial charge in [-0.3, -0.25) is 0 Å². The van der Waals surface area contributed by atoms with Crippen molar-refractivity contribution >= 4 is 17.5 Å². The highest BCUT2D eigenvalue weighted by Crippen LogP contribution is 2.14. The van der Waals surface area contributed by atoms with Gasteiger partial charge >= 0.3 is 11.9 Å². The summed E-state index contributed by atoms with van der Waals surface area (Å²) < 4.78 is 1.34. The average Bonchev–Trinajstić information content (AvgIpc) is 2.62. The third-order valence-electron chi connectivity index (χ3n) is 2.13. The zero-order chi connectivity index (χ0) is 11.0. The van der Waals surface area contributed by atoms with Crippen molar-refractivity contribution in [1.82, 2.24) is 4.40 Å². The molecule has 15 heavy (non-hydrogen) atoms. The van der Waals surface area contributed by atoms with Crippen molar-refractivity contribution in [1.29, 1.82) is 0 Å². The van der Waals surface area contributed by atoms with Gasteiger partial charge in [0.05, 0.1) is 5.56 Å². The first kappa shape index (κ1) is 9.26. The monoisotopic (exact) mass is 205 g/mol. The Morgan fingerprint density at radius 1 is 1.07 bits per heavy atom. The molecule has 0 saturated heterocycles. The molecule has 0 aliphatic rings. The lowest BCUT2D eigenvalue weighted by atomic mass is 10.2. The maximum atomic E-state index is 11.0. The fourth-order valence-corrected chi connectivity index (χ4v) is 1.50. The van der Waals surface area contributed by atoms with E-state index < -0.39 is 11.9 Å². The Kier molecular flexibility index (Phi) is 1.93. The quantitative estimate of drug-likeness (QED) is 0.775. The fourth-order valence-electron chi connectivity index (χ4n) is 1.50. The zero-order valence-corrected chi connectivity index (χ0v) is 7.54. The topological polar surface area (TPSA) is 79.0 Å². The molecule has 0 atom stereocenters. The lowest BCUT2D eigenvalue weighted by molar-refractivity contribution is 0.0645. The van der Waals surface area contributed by atoms with Crippen LogP contribution in [-0.2, 0) is 0 Å². The molecule has 2 rings (SSSR count). The van der Waals surface area contributed by atoms with Crippen LogP contribution in [0.4, 0.5) is 0 Å². The molecule has 0 amide bonds. The summed E-state index contributed by atoms with van der Waals surface area (Å²) in [6, 6.07) is 6.22. The number of aromatic carboxylic acids is 2. The molecule has 2 aromatic heterocycles. The number of carbonyl (C=O) groups is 2. The van der Waals surface area contributed by atoms with Crippen LogP contribution >= 0.6 is 0 Å². The van der Waals surface area contributed by atoms with Gasteiger partial charge in [0.1, 0.15) is 5.69 Å². The molecule has 0 unspecified atom stereocenters. The summed E-state index contributed by atoms with van der Waals surface area (Å²) in [6.07, 6.45) is 1.52. The summed E-state index contributed by atoms with van der Waals surface area (Å²) in [5.41, 5.74) is 0.202. The number of aromatic nitrogens is 1. The Labute approximate surface area is 84.2 Å². The molecule has 2 N–H and O–H groups in total. The summed E-state index contributed by atoms with van der Waals surface area (Å²) in [6.45, 7) is 0. The number of rotatable bonds is 2. The average molecular weight is 205 g/mol. The minimum atomic E-state index is -1.26. The molecular weight excluding hydrogens is 198 g/mol. The molecule has 0 saturated carbocycles. The van der Waals surface area contributed by atoms with E-state index in [9.17, 15) is 9.59 Å². The van der Waals surface area contributed by atoms with E-state index in [1.54, 1.807) is 18.2 Å². The molecule has 0 fully saturated rings. The van der Waals surface area contributed by atoms with Crippen molar-refractivity contribution in [3.63, 3.8) is 0 Å². The molecule has 0 bridgehead atoms. The number of hydrogen-bond donors (Lipinski definition) is 2. The van der Waals surface area contributed by atoms with Crippen molar-refractivity contribution in [2.45, 2.75) is 0 Å². The molecule has 76 valence electrons. The first-order chi connectivity index (χ1) is 7.11. The molecule has 0 aromatic carbocycles. The van der Waals surface area contributed by atoms with E-state index >= 15 is 0 Å². The van der Waals surface area contributed by atoms with Gasteiger partial charge < -0.3 is 14.6 Å². The first-order valence-electron chi connectivity index (χ1n) is 4.18. The number of fused-ring (bicyclic) bond motifs is 1. The summed E-state index contributed by atoms with van der Waals surface area (Å²) in [5.74, 6) is -2.50. The van der Waals surface area contributed by atoms with Crippen molar-refractivity contribution in [2.24, 2.45) is 0 Å².